The Balaban J connectivity index is 1.66. The van der Waals surface area contributed by atoms with Crippen LogP contribution in [0.15, 0.2) is 95.5 Å². The van der Waals surface area contributed by atoms with E-state index in [1.54, 1.807) is 0 Å². The van der Waals surface area contributed by atoms with Gasteiger partial charge in [0.2, 0.25) is 0 Å². The lowest BCUT2D eigenvalue weighted by Gasteiger charge is -2.29. The van der Waals surface area contributed by atoms with Gasteiger partial charge in [-0.25, -0.2) is 0 Å². The Morgan fingerprint density at radius 2 is 1.18 bits per heavy atom. The normalized spacial score (nSPS) is 14.0. The van der Waals surface area contributed by atoms with E-state index in [9.17, 15) is 0 Å². The Morgan fingerprint density at radius 1 is 0.636 bits per heavy atom. The summed E-state index contributed by atoms with van der Waals surface area (Å²) in [5.74, 6) is 0. The quantitative estimate of drug-likeness (QED) is 0.273. The SMILES string of the molecule is CC(C)(C)c1ccc(N(c2ccc(Br)cc2)c2ccc3c(c2)C(C)(C)c2ccccc2-3)cc1. The molecule has 4 aromatic carbocycles. The molecule has 0 aliphatic heterocycles. The molecule has 0 spiro atoms. The molecule has 0 heterocycles. The molecule has 1 aliphatic rings. The minimum Gasteiger partial charge on any atom is -0.310 e. The molecule has 0 aromatic heterocycles. The third kappa shape index (κ3) is 3.81. The molecule has 0 amide bonds. The number of halogens is 1. The van der Waals surface area contributed by atoms with Gasteiger partial charge in [-0.05, 0) is 81.8 Å². The van der Waals surface area contributed by atoms with Crippen LogP contribution in [0.1, 0.15) is 51.3 Å². The van der Waals surface area contributed by atoms with Crippen LogP contribution in [0, 0.1) is 0 Å². The van der Waals surface area contributed by atoms with Crippen LogP contribution in [0.25, 0.3) is 11.1 Å². The highest BCUT2D eigenvalue weighted by molar-refractivity contribution is 9.10. The molecule has 0 radical (unpaired) electrons. The second-order valence-corrected chi connectivity index (χ2v) is 11.4. The molecule has 0 bridgehead atoms. The highest BCUT2D eigenvalue weighted by Crippen LogP contribution is 2.50. The molecule has 166 valence electrons. The van der Waals surface area contributed by atoms with Crippen molar-refractivity contribution in [2.75, 3.05) is 4.90 Å². The van der Waals surface area contributed by atoms with Crippen LogP contribution in [-0.4, -0.2) is 0 Å². The van der Waals surface area contributed by atoms with Gasteiger partial charge in [0.15, 0.2) is 0 Å². The van der Waals surface area contributed by atoms with E-state index in [4.69, 9.17) is 0 Å². The zero-order valence-electron chi connectivity index (χ0n) is 20.0. The first-order chi connectivity index (χ1) is 15.7. The maximum atomic E-state index is 3.59. The van der Waals surface area contributed by atoms with Gasteiger partial charge in [-0.2, -0.15) is 0 Å². The molecule has 0 saturated heterocycles. The number of benzene rings is 4. The topological polar surface area (TPSA) is 3.24 Å². The smallest absolute Gasteiger partial charge is 0.0465 e. The van der Waals surface area contributed by atoms with Crippen LogP contribution in [0.4, 0.5) is 17.1 Å². The van der Waals surface area contributed by atoms with E-state index in [1.807, 2.05) is 0 Å². The zero-order chi connectivity index (χ0) is 23.4. The van der Waals surface area contributed by atoms with Crippen molar-refractivity contribution in [1.29, 1.82) is 0 Å². The summed E-state index contributed by atoms with van der Waals surface area (Å²) in [6.45, 7) is 11.4. The van der Waals surface area contributed by atoms with Crippen molar-refractivity contribution in [3.05, 3.63) is 112 Å². The van der Waals surface area contributed by atoms with Gasteiger partial charge in [0.25, 0.3) is 0 Å². The molecule has 2 heteroatoms. The fraction of sp³-hybridized carbons (Fsp3) is 0.226. The Hall–Kier alpha value is -2.84. The maximum absolute atomic E-state index is 3.59. The summed E-state index contributed by atoms with van der Waals surface area (Å²) in [5, 5.41) is 0. The average Bonchev–Trinajstić information content (AvgIpc) is 3.02. The van der Waals surface area contributed by atoms with E-state index in [0.717, 1.165) is 10.2 Å². The molecule has 0 fully saturated rings. The van der Waals surface area contributed by atoms with Gasteiger partial charge in [-0.3, -0.25) is 0 Å². The Labute approximate surface area is 206 Å². The average molecular weight is 496 g/mol. The molecule has 0 saturated carbocycles. The largest absolute Gasteiger partial charge is 0.310 e. The van der Waals surface area contributed by atoms with Crippen LogP contribution in [0.2, 0.25) is 0 Å². The van der Waals surface area contributed by atoms with E-state index in [1.165, 1.54) is 39.2 Å². The van der Waals surface area contributed by atoms with E-state index >= 15 is 0 Å². The van der Waals surface area contributed by atoms with Crippen molar-refractivity contribution < 1.29 is 0 Å². The molecule has 5 rings (SSSR count). The van der Waals surface area contributed by atoms with E-state index < -0.39 is 0 Å². The number of hydrogen-bond acceptors (Lipinski definition) is 1. The summed E-state index contributed by atoms with van der Waals surface area (Å²) in [4.78, 5) is 2.36. The fourth-order valence-electron chi connectivity index (χ4n) is 4.98. The van der Waals surface area contributed by atoms with E-state index in [2.05, 4.69) is 146 Å². The van der Waals surface area contributed by atoms with E-state index in [0.29, 0.717) is 0 Å². The Morgan fingerprint density at radius 3 is 1.82 bits per heavy atom. The molecule has 0 N–H and O–H groups in total. The van der Waals surface area contributed by atoms with Crippen molar-refractivity contribution >= 4 is 33.0 Å². The predicted octanol–water partition coefficient (Wildman–Crippen LogP) is 9.52. The monoisotopic (exact) mass is 495 g/mol. The Bertz CT molecular complexity index is 1310. The number of anilines is 3. The van der Waals surface area contributed by atoms with Gasteiger partial charge in [0, 0.05) is 26.9 Å². The van der Waals surface area contributed by atoms with Crippen LogP contribution in [-0.2, 0) is 10.8 Å². The lowest BCUT2D eigenvalue weighted by molar-refractivity contribution is 0.590. The van der Waals surface area contributed by atoms with Crippen molar-refractivity contribution in [2.24, 2.45) is 0 Å². The third-order valence-corrected chi connectivity index (χ3v) is 7.43. The number of fused-ring (bicyclic) bond motifs is 3. The minimum atomic E-state index is -0.0244. The first-order valence-corrected chi connectivity index (χ1v) is 12.4. The first kappa shape index (κ1) is 22.0. The minimum absolute atomic E-state index is 0.0244. The second kappa shape index (κ2) is 7.88. The summed E-state index contributed by atoms with van der Waals surface area (Å²) in [6.07, 6.45) is 0. The summed E-state index contributed by atoms with van der Waals surface area (Å²) in [7, 11) is 0. The summed E-state index contributed by atoms with van der Waals surface area (Å²) in [5.41, 5.74) is 10.4. The molecule has 4 aromatic rings. The third-order valence-electron chi connectivity index (χ3n) is 6.90. The van der Waals surface area contributed by atoms with Crippen LogP contribution < -0.4 is 4.90 Å². The predicted molar refractivity (Wildman–Crippen MR) is 145 cm³/mol. The molecule has 1 nitrogen and oxygen atoms in total. The van der Waals surface area contributed by atoms with Gasteiger partial charge >= 0.3 is 0 Å². The Kier molecular flexibility index (Phi) is 5.25. The van der Waals surface area contributed by atoms with Gasteiger partial charge in [-0.1, -0.05) is 93.0 Å². The molecule has 33 heavy (non-hydrogen) atoms. The van der Waals surface area contributed by atoms with Crippen LogP contribution >= 0.6 is 15.9 Å². The molecular formula is C31H30BrN. The van der Waals surface area contributed by atoms with Gasteiger partial charge in [-0.15, -0.1) is 0 Å². The fourth-order valence-corrected chi connectivity index (χ4v) is 5.24. The lowest BCUT2D eigenvalue weighted by Crippen LogP contribution is -2.16. The zero-order valence-corrected chi connectivity index (χ0v) is 21.6. The summed E-state index contributed by atoms with van der Waals surface area (Å²) >= 11 is 3.59. The van der Waals surface area contributed by atoms with Crippen LogP contribution in [0.3, 0.4) is 0 Å². The molecular weight excluding hydrogens is 466 g/mol. The van der Waals surface area contributed by atoms with Crippen molar-refractivity contribution in [3.8, 4) is 11.1 Å². The highest BCUT2D eigenvalue weighted by atomic mass is 79.9. The van der Waals surface area contributed by atoms with Crippen molar-refractivity contribution in [2.45, 2.75) is 45.4 Å². The van der Waals surface area contributed by atoms with E-state index in [-0.39, 0.29) is 10.8 Å². The highest BCUT2D eigenvalue weighted by Gasteiger charge is 2.35. The van der Waals surface area contributed by atoms with Crippen LogP contribution in [0.5, 0.6) is 0 Å². The molecule has 1 aliphatic carbocycles. The van der Waals surface area contributed by atoms with Crippen molar-refractivity contribution in [1.82, 2.24) is 0 Å². The van der Waals surface area contributed by atoms with Crippen molar-refractivity contribution in [3.63, 3.8) is 0 Å². The van der Waals surface area contributed by atoms with Gasteiger partial charge in [0.1, 0.15) is 0 Å². The summed E-state index contributed by atoms with van der Waals surface area (Å²) in [6, 6.07) is 33.3. The standard InChI is InChI=1S/C31H30BrN/c1-30(2,3)21-10-14-23(15-11-21)33(24-16-12-22(32)13-17-24)25-18-19-27-26-8-6-7-9-28(26)31(4,5)29(27)20-25/h6-20H,1-5H3. The maximum Gasteiger partial charge on any atom is 0.0465 e. The molecule has 0 atom stereocenters. The second-order valence-electron chi connectivity index (χ2n) is 10.5. The number of nitrogens with zero attached hydrogens (tertiary/aromatic N) is 1. The number of hydrogen-bond donors (Lipinski definition) is 0. The lowest BCUT2D eigenvalue weighted by atomic mass is 9.82. The molecule has 0 unspecified atom stereocenters. The number of rotatable bonds is 3. The first-order valence-electron chi connectivity index (χ1n) is 11.6. The van der Waals surface area contributed by atoms with Gasteiger partial charge in [0.05, 0.1) is 0 Å². The summed E-state index contributed by atoms with van der Waals surface area (Å²) < 4.78 is 1.08. The van der Waals surface area contributed by atoms with Gasteiger partial charge < -0.3 is 4.90 Å².